The van der Waals surface area contributed by atoms with E-state index in [1.165, 1.54) is 6.42 Å². The zero-order valence-electron chi connectivity index (χ0n) is 9.70. The van der Waals surface area contributed by atoms with E-state index in [-0.39, 0.29) is 0 Å². The molecule has 1 aromatic rings. The van der Waals surface area contributed by atoms with Gasteiger partial charge in [0.05, 0.1) is 16.7 Å². The van der Waals surface area contributed by atoms with Crippen LogP contribution in [0.2, 0.25) is 0 Å². The van der Waals surface area contributed by atoms with Crippen molar-refractivity contribution in [2.24, 2.45) is 5.92 Å². The van der Waals surface area contributed by atoms with E-state index in [2.05, 4.69) is 47.1 Å². The molecule has 1 aromatic heterocycles. The summed E-state index contributed by atoms with van der Waals surface area (Å²) >= 11 is 3.40. The summed E-state index contributed by atoms with van der Waals surface area (Å²) in [7, 11) is 0. The summed E-state index contributed by atoms with van der Waals surface area (Å²) in [6, 6.07) is 0.406. The van der Waals surface area contributed by atoms with Crippen molar-refractivity contribution in [2.75, 3.05) is 13.1 Å². The number of halogens is 1. The fraction of sp³-hybridized carbons (Fsp3) is 0.727. The first-order valence-corrected chi connectivity index (χ1v) is 6.29. The highest BCUT2D eigenvalue weighted by molar-refractivity contribution is 9.10. The molecule has 4 heteroatoms. The summed E-state index contributed by atoms with van der Waals surface area (Å²) in [4.78, 5) is 0. The van der Waals surface area contributed by atoms with Gasteiger partial charge in [0.1, 0.15) is 0 Å². The standard InChI is InChI=1S/C11H20BrN3/c1-9(2)4-5-13-6-10(3)15-8-11(12)7-14-15/h7-10,13H,4-6H2,1-3H3. The maximum absolute atomic E-state index is 4.26. The molecule has 0 spiro atoms. The van der Waals surface area contributed by atoms with E-state index in [4.69, 9.17) is 0 Å². The number of nitrogens with one attached hydrogen (secondary N) is 1. The van der Waals surface area contributed by atoms with Gasteiger partial charge in [0.15, 0.2) is 0 Å². The summed E-state index contributed by atoms with van der Waals surface area (Å²) in [5, 5.41) is 7.71. The smallest absolute Gasteiger partial charge is 0.0632 e. The molecule has 0 amide bonds. The molecule has 86 valence electrons. The second-order valence-corrected chi connectivity index (χ2v) is 5.29. The van der Waals surface area contributed by atoms with Gasteiger partial charge in [-0.3, -0.25) is 4.68 Å². The number of hydrogen-bond donors (Lipinski definition) is 1. The van der Waals surface area contributed by atoms with E-state index < -0.39 is 0 Å². The molecular formula is C11H20BrN3. The zero-order valence-corrected chi connectivity index (χ0v) is 11.3. The highest BCUT2D eigenvalue weighted by Gasteiger charge is 2.05. The van der Waals surface area contributed by atoms with Gasteiger partial charge in [0.25, 0.3) is 0 Å². The monoisotopic (exact) mass is 273 g/mol. The Balaban J connectivity index is 2.21. The van der Waals surface area contributed by atoms with Crippen molar-refractivity contribution in [3.63, 3.8) is 0 Å². The fourth-order valence-corrected chi connectivity index (χ4v) is 1.65. The Morgan fingerprint density at radius 2 is 2.20 bits per heavy atom. The molecule has 3 nitrogen and oxygen atoms in total. The molecule has 0 aliphatic carbocycles. The third kappa shape index (κ3) is 4.80. The molecule has 1 atom stereocenters. The van der Waals surface area contributed by atoms with Crippen LogP contribution in [-0.2, 0) is 0 Å². The summed E-state index contributed by atoms with van der Waals surface area (Å²) in [6.07, 6.45) is 5.06. The predicted octanol–water partition coefficient (Wildman–Crippen LogP) is 2.84. The third-order valence-electron chi connectivity index (χ3n) is 2.36. The van der Waals surface area contributed by atoms with Crippen molar-refractivity contribution in [3.05, 3.63) is 16.9 Å². The lowest BCUT2D eigenvalue weighted by Crippen LogP contribution is -2.25. The summed E-state index contributed by atoms with van der Waals surface area (Å²) in [6.45, 7) is 8.72. The highest BCUT2D eigenvalue weighted by atomic mass is 79.9. The van der Waals surface area contributed by atoms with E-state index in [1.807, 2.05) is 17.1 Å². The topological polar surface area (TPSA) is 29.9 Å². The Morgan fingerprint density at radius 1 is 1.47 bits per heavy atom. The summed E-state index contributed by atoms with van der Waals surface area (Å²) in [5.41, 5.74) is 0. The Kier molecular flexibility index (Phi) is 5.32. The lowest BCUT2D eigenvalue weighted by Gasteiger charge is -2.13. The maximum atomic E-state index is 4.26. The second kappa shape index (κ2) is 6.28. The minimum absolute atomic E-state index is 0.406. The van der Waals surface area contributed by atoms with Gasteiger partial charge in [-0.15, -0.1) is 0 Å². The van der Waals surface area contributed by atoms with E-state index in [0.29, 0.717) is 6.04 Å². The van der Waals surface area contributed by atoms with Gasteiger partial charge < -0.3 is 5.32 Å². The summed E-state index contributed by atoms with van der Waals surface area (Å²) < 4.78 is 3.02. The molecule has 0 saturated heterocycles. The Hall–Kier alpha value is -0.350. The molecule has 1 unspecified atom stereocenters. The first-order valence-electron chi connectivity index (χ1n) is 5.50. The van der Waals surface area contributed by atoms with E-state index in [1.54, 1.807) is 0 Å². The van der Waals surface area contributed by atoms with E-state index in [9.17, 15) is 0 Å². The van der Waals surface area contributed by atoms with Crippen molar-refractivity contribution in [1.82, 2.24) is 15.1 Å². The van der Waals surface area contributed by atoms with E-state index >= 15 is 0 Å². The van der Waals surface area contributed by atoms with Crippen LogP contribution in [0.3, 0.4) is 0 Å². The summed E-state index contributed by atoms with van der Waals surface area (Å²) in [5.74, 6) is 0.770. The highest BCUT2D eigenvalue weighted by Crippen LogP contribution is 2.10. The molecule has 15 heavy (non-hydrogen) atoms. The molecule has 0 radical (unpaired) electrons. The van der Waals surface area contributed by atoms with Gasteiger partial charge in [0.2, 0.25) is 0 Å². The minimum Gasteiger partial charge on any atom is -0.315 e. The van der Waals surface area contributed by atoms with Gasteiger partial charge in [-0.1, -0.05) is 13.8 Å². The van der Waals surface area contributed by atoms with Crippen LogP contribution in [0.4, 0.5) is 0 Å². The van der Waals surface area contributed by atoms with E-state index in [0.717, 1.165) is 23.5 Å². The van der Waals surface area contributed by atoms with Crippen molar-refractivity contribution in [3.8, 4) is 0 Å². The number of rotatable bonds is 6. The van der Waals surface area contributed by atoms with Crippen molar-refractivity contribution < 1.29 is 0 Å². The van der Waals surface area contributed by atoms with Crippen molar-refractivity contribution >= 4 is 15.9 Å². The van der Waals surface area contributed by atoms with Gasteiger partial charge in [0, 0.05) is 12.7 Å². The average Bonchev–Trinajstić information content (AvgIpc) is 2.59. The fourth-order valence-electron chi connectivity index (χ4n) is 1.35. The molecule has 0 aromatic carbocycles. The zero-order chi connectivity index (χ0) is 11.3. The van der Waals surface area contributed by atoms with Crippen LogP contribution in [0.25, 0.3) is 0 Å². The van der Waals surface area contributed by atoms with Crippen molar-refractivity contribution in [1.29, 1.82) is 0 Å². The van der Waals surface area contributed by atoms with Gasteiger partial charge in [-0.05, 0) is 41.7 Å². The predicted molar refractivity (Wildman–Crippen MR) is 67.0 cm³/mol. The molecular weight excluding hydrogens is 254 g/mol. The van der Waals surface area contributed by atoms with Crippen molar-refractivity contribution in [2.45, 2.75) is 33.2 Å². The Bertz CT molecular complexity index is 283. The van der Waals surface area contributed by atoms with Crippen LogP contribution >= 0.6 is 15.9 Å². The largest absolute Gasteiger partial charge is 0.315 e. The van der Waals surface area contributed by atoms with Gasteiger partial charge >= 0.3 is 0 Å². The van der Waals surface area contributed by atoms with Crippen LogP contribution in [-0.4, -0.2) is 22.9 Å². The Morgan fingerprint density at radius 3 is 2.73 bits per heavy atom. The lowest BCUT2D eigenvalue weighted by atomic mass is 10.1. The van der Waals surface area contributed by atoms with Crippen LogP contribution in [0.5, 0.6) is 0 Å². The Labute approximate surface area is 100 Å². The second-order valence-electron chi connectivity index (χ2n) is 4.37. The van der Waals surface area contributed by atoms with Gasteiger partial charge in [-0.2, -0.15) is 5.10 Å². The quantitative estimate of drug-likeness (QED) is 0.808. The molecule has 0 aliphatic rings. The molecule has 0 bridgehead atoms. The first kappa shape index (κ1) is 12.7. The molecule has 1 heterocycles. The van der Waals surface area contributed by atoms with Crippen LogP contribution in [0, 0.1) is 5.92 Å². The van der Waals surface area contributed by atoms with Crippen LogP contribution in [0.1, 0.15) is 33.2 Å². The molecule has 0 saturated carbocycles. The average molecular weight is 274 g/mol. The molecule has 1 N–H and O–H groups in total. The number of nitrogens with zero attached hydrogens (tertiary/aromatic N) is 2. The third-order valence-corrected chi connectivity index (χ3v) is 2.77. The maximum Gasteiger partial charge on any atom is 0.0632 e. The molecule has 0 fully saturated rings. The molecule has 0 aliphatic heterocycles. The number of aromatic nitrogens is 2. The first-order chi connectivity index (χ1) is 7.09. The van der Waals surface area contributed by atoms with Crippen LogP contribution < -0.4 is 5.32 Å². The SMILES string of the molecule is CC(C)CCNCC(C)n1cc(Br)cn1. The van der Waals surface area contributed by atoms with Gasteiger partial charge in [-0.25, -0.2) is 0 Å². The normalized spacial score (nSPS) is 13.4. The molecule has 1 rings (SSSR count). The number of hydrogen-bond acceptors (Lipinski definition) is 2. The minimum atomic E-state index is 0.406. The van der Waals surface area contributed by atoms with Crippen LogP contribution in [0.15, 0.2) is 16.9 Å². The lowest BCUT2D eigenvalue weighted by molar-refractivity contribution is 0.439.